The Labute approximate surface area is 83.7 Å². The van der Waals surface area contributed by atoms with Crippen LogP contribution in [0.15, 0.2) is 18.2 Å². The van der Waals surface area contributed by atoms with E-state index in [1.54, 1.807) is 0 Å². The van der Waals surface area contributed by atoms with Crippen LogP contribution >= 0.6 is 0 Å². The number of halogens is 3. The van der Waals surface area contributed by atoms with Crippen LogP contribution in [0.3, 0.4) is 0 Å². The van der Waals surface area contributed by atoms with E-state index in [-0.39, 0.29) is 5.56 Å². The average Bonchev–Trinajstić information content (AvgIpc) is 2.15. The number of aromatic hydroxyl groups is 1. The van der Waals surface area contributed by atoms with Crippen molar-refractivity contribution in [2.24, 2.45) is 0 Å². The van der Waals surface area contributed by atoms with Gasteiger partial charge >= 0.3 is 6.18 Å². The van der Waals surface area contributed by atoms with Crippen molar-refractivity contribution >= 4 is 0 Å². The van der Waals surface area contributed by atoms with Gasteiger partial charge in [-0.1, -0.05) is 0 Å². The molecule has 0 heterocycles. The molecular formula is C9H9F3O3. The smallest absolute Gasteiger partial charge is 0.416 e. The van der Waals surface area contributed by atoms with Crippen LogP contribution in [0.25, 0.3) is 0 Å². The third-order valence-corrected chi connectivity index (χ3v) is 1.85. The topological polar surface area (TPSA) is 49.7 Å². The molecule has 0 radical (unpaired) electrons. The van der Waals surface area contributed by atoms with Crippen LogP contribution in [-0.4, -0.2) is 17.3 Å². The third-order valence-electron chi connectivity index (χ3n) is 1.85. The lowest BCUT2D eigenvalue weighted by atomic mass is 10.1. The SMILES string of the molecule is COC(O)c1ccc(C(F)(F)F)cc1O. The molecule has 0 aliphatic rings. The summed E-state index contributed by atoms with van der Waals surface area (Å²) in [6, 6.07) is 2.27. The van der Waals surface area contributed by atoms with Crippen LogP contribution in [0.2, 0.25) is 0 Å². The van der Waals surface area contributed by atoms with E-state index >= 15 is 0 Å². The van der Waals surface area contributed by atoms with Crippen LogP contribution in [0, 0.1) is 0 Å². The summed E-state index contributed by atoms with van der Waals surface area (Å²) in [5.74, 6) is -0.654. The quantitative estimate of drug-likeness (QED) is 0.753. The molecule has 1 aromatic carbocycles. The lowest BCUT2D eigenvalue weighted by Gasteiger charge is -2.13. The van der Waals surface area contributed by atoms with Crippen molar-refractivity contribution < 1.29 is 28.1 Å². The zero-order valence-electron chi connectivity index (χ0n) is 7.75. The fourth-order valence-corrected chi connectivity index (χ4v) is 1.06. The van der Waals surface area contributed by atoms with E-state index in [9.17, 15) is 18.3 Å². The minimum absolute atomic E-state index is 0.106. The number of hydrogen-bond acceptors (Lipinski definition) is 3. The predicted octanol–water partition coefficient (Wildman–Crippen LogP) is 2.05. The fraction of sp³-hybridized carbons (Fsp3) is 0.333. The van der Waals surface area contributed by atoms with E-state index in [0.717, 1.165) is 12.1 Å². The lowest BCUT2D eigenvalue weighted by Crippen LogP contribution is -2.06. The second-order valence-electron chi connectivity index (χ2n) is 2.86. The minimum atomic E-state index is -4.52. The molecule has 0 aromatic heterocycles. The van der Waals surface area contributed by atoms with Gasteiger partial charge in [0.15, 0.2) is 6.29 Å². The molecule has 3 nitrogen and oxygen atoms in total. The molecule has 1 aromatic rings. The van der Waals surface area contributed by atoms with E-state index in [4.69, 9.17) is 5.11 Å². The summed E-state index contributed by atoms with van der Waals surface area (Å²) in [6.07, 6.45) is -5.96. The monoisotopic (exact) mass is 222 g/mol. The number of ether oxygens (including phenoxy) is 1. The average molecular weight is 222 g/mol. The molecule has 0 spiro atoms. The number of methoxy groups -OCH3 is 1. The van der Waals surface area contributed by atoms with Gasteiger partial charge in [0.2, 0.25) is 0 Å². The van der Waals surface area contributed by atoms with Gasteiger partial charge in [0, 0.05) is 12.7 Å². The highest BCUT2D eigenvalue weighted by Crippen LogP contribution is 2.34. The van der Waals surface area contributed by atoms with Gasteiger partial charge in [-0.05, 0) is 18.2 Å². The number of aliphatic hydroxyl groups excluding tert-OH is 1. The molecule has 0 saturated heterocycles. The Morgan fingerprint density at radius 2 is 1.93 bits per heavy atom. The number of hydrogen-bond donors (Lipinski definition) is 2. The maximum atomic E-state index is 12.2. The summed E-state index contributed by atoms with van der Waals surface area (Å²) in [4.78, 5) is 0. The molecule has 0 aliphatic heterocycles. The van der Waals surface area contributed by atoms with Crippen molar-refractivity contribution in [2.75, 3.05) is 7.11 Å². The van der Waals surface area contributed by atoms with E-state index in [1.807, 2.05) is 0 Å². The lowest BCUT2D eigenvalue weighted by molar-refractivity contribution is -0.137. The van der Waals surface area contributed by atoms with Crippen LogP contribution < -0.4 is 0 Å². The highest BCUT2D eigenvalue weighted by molar-refractivity contribution is 5.38. The van der Waals surface area contributed by atoms with E-state index in [2.05, 4.69) is 4.74 Å². The van der Waals surface area contributed by atoms with Crippen molar-refractivity contribution in [1.29, 1.82) is 0 Å². The molecular weight excluding hydrogens is 213 g/mol. The first-order valence-corrected chi connectivity index (χ1v) is 3.97. The number of phenolic OH excluding ortho intramolecular Hbond substituents is 1. The molecule has 6 heteroatoms. The highest BCUT2D eigenvalue weighted by atomic mass is 19.4. The summed E-state index contributed by atoms with van der Waals surface area (Å²) in [7, 11) is 1.17. The second kappa shape index (κ2) is 4.08. The number of phenols is 1. The molecule has 0 fully saturated rings. The van der Waals surface area contributed by atoms with Crippen molar-refractivity contribution in [1.82, 2.24) is 0 Å². The Bertz CT molecular complexity index is 349. The maximum Gasteiger partial charge on any atom is 0.416 e. The summed E-state index contributed by atoms with van der Waals surface area (Å²) in [5.41, 5.74) is -1.09. The fourth-order valence-electron chi connectivity index (χ4n) is 1.06. The Balaban J connectivity index is 3.09. The maximum absolute atomic E-state index is 12.2. The predicted molar refractivity (Wildman–Crippen MR) is 45.1 cm³/mol. The Kier molecular flexibility index (Phi) is 3.21. The molecule has 0 bridgehead atoms. The van der Waals surface area contributed by atoms with Gasteiger partial charge in [-0.25, -0.2) is 0 Å². The van der Waals surface area contributed by atoms with Gasteiger partial charge in [0.1, 0.15) is 5.75 Å². The number of benzene rings is 1. The first kappa shape index (κ1) is 11.8. The molecule has 84 valence electrons. The van der Waals surface area contributed by atoms with Crippen LogP contribution in [0.4, 0.5) is 13.2 Å². The van der Waals surface area contributed by atoms with Gasteiger partial charge in [0.25, 0.3) is 0 Å². The number of rotatable bonds is 2. The number of aliphatic hydroxyl groups is 1. The summed E-state index contributed by atoms with van der Waals surface area (Å²) >= 11 is 0. The van der Waals surface area contributed by atoms with Crippen molar-refractivity contribution in [2.45, 2.75) is 12.5 Å². The molecule has 0 aliphatic carbocycles. The van der Waals surface area contributed by atoms with Gasteiger partial charge in [-0.15, -0.1) is 0 Å². The highest BCUT2D eigenvalue weighted by Gasteiger charge is 2.31. The van der Waals surface area contributed by atoms with Gasteiger partial charge in [-0.2, -0.15) is 13.2 Å². The molecule has 2 N–H and O–H groups in total. The van der Waals surface area contributed by atoms with Crippen LogP contribution in [0.1, 0.15) is 17.4 Å². The zero-order chi connectivity index (χ0) is 11.6. The van der Waals surface area contributed by atoms with Crippen molar-refractivity contribution in [3.8, 4) is 5.75 Å². The van der Waals surface area contributed by atoms with Gasteiger partial charge in [-0.3, -0.25) is 0 Å². The summed E-state index contributed by atoms with van der Waals surface area (Å²) in [5, 5.41) is 18.4. The molecule has 0 saturated carbocycles. The van der Waals surface area contributed by atoms with E-state index < -0.39 is 23.8 Å². The van der Waals surface area contributed by atoms with Crippen LogP contribution in [0.5, 0.6) is 5.75 Å². The van der Waals surface area contributed by atoms with Gasteiger partial charge in [0.05, 0.1) is 5.56 Å². The normalized spacial score (nSPS) is 13.9. The molecule has 1 atom stereocenters. The standard InChI is InChI=1S/C9H9F3O3/c1-15-8(14)6-3-2-5(4-7(6)13)9(10,11)12/h2-4,8,13-14H,1H3. The molecule has 15 heavy (non-hydrogen) atoms. The Hall–Kier alpha value is -1.27. The number of alkyl halides is 3. The van der Waals surface area contributed by atoms with Crippen molar-refractivity contribution in [3.63, 3.8) is 0 Å². The van der Waals surface area contributed by atoms with Gasteiger partial charge < -0.3 is 14.9 Å². The summed E-state index contributed by atoms with van der Waals surface area (Å²) < 4.78 is 41.0. The molecule has 1 rings (SSSR count). The third kappa shape index (κ3) is 2.60. The first-order valence-electron chi connectivity index (χ1n) is 3.97. The molecule has 1 unspecified atom stereocenters. The largest absolute Gasteiger partial charge is 0.507 e. The minimum Gasteiger partial charge on any atom is -0.507 e. The summed E-state index contributed by atoms with van der Waals surface area (Å²) in [6.45, 7) is 0. The zero-order valence-corrected chi connectivity index (χ0v) is 7.75. The Morgan fingerprint density at radius 3 is 2.33 bits per heavy atom. The Morgan fingerprint density at radius 1 is 1.33 bits per heavy atom. The van der Waals surface area contributed by atoms with E-state index in [0.29, 0.717) is 6.07 Å². The molecule has 0 amide bonds. The van der Waals surface area contributed by atoms with Crippen LogP contribution in [-0.2, 0) is 10.9 Å². The van der Waals surface area contributed by atoms with Crippen molar-refractivity contribution in [3.05, 3.63) is 29.3 Å². The second-order valence-corrected chi connectivity index (χ2v) is 2.86. The first-order chi connectivity index (χ1) is 6.86. The van der Waals surface area contributed by atoms with E-state index in [1.165, 1.54) is 7.11 Å².